The van der Waals surface area contributed by atoms with Gasteiger partial charge in [-0.1, -0.05) is 42.0 Å². The highest BCUT2D eigenvalue weighted by molar-refractivity contribution is 5.27. The van der Waals surface area contributed by atoms with Gasteiger partial charge in [0.05, 0.1) is 7.11 Å². The molecule has 2 rings (SSSR count). The summed E-state index contributed by atoms with van der Waals surface area (Å²) in [7, 11) is 1.70. The van der Waals surface area contributed by atoms with Crippen molar-refractivity contribution < 1.29 is 4.74 Å². The number of ether oxygens (including phenoxy) is 1. The molecule has 0 N–H and O–H groups in total. The summed E-state index contributed by atoms with van der Waals surface area (Å²) in [6.07, 6.45) is 4.81. The van der Waals surface area contributed by atoms with Gasteiger partial charge in [-0.05, 0) is 55.9 Å². The summed E-state index contributed by atoms with van der Waals surface area (Å²) in [6.45, 7) is 2.13. The van der Waals surface area contributed by atoms with Crippen molar-refractivity contribution in [2.45, 2.75) is 32.6 Å². The van der Waals surface area contributed by atoms with Gasteiger partial charge in [-0.15, -0.1) is 0 Å². The monoisotopic (exact) mass is 254 g/mol. The largest absolute Gasteiger partial charge is 0.497 e. The van der Waals surface area contributed by atoms with Gasteiger partial charge in [0.15, 0.2) is 0 Å². The van der Waals surface area contributed by atoms with Crippen LogP contribution in [0.4, 0.5) is 0 Å². The Hall–Kier alpha value is -1.76. The van der Waals surface area contributed by atoms with Gasteiger partial charge in [0, 0.05) is 0 Å². The minimum atomic E-state index is 0.934. The van der Waals surface area contributed by atoms with E-state index >= 15 is 0 Å². The molecule has 0 bridgehead atoms. The highest BCUT2D eigenvalue weighted by Gasteiger charge is 1.97. The molecule has 0 atom stereocenters. The summed E-state index contributed by atoms with van der Waals surface area (Å²) in [6, 6.07) is 17.3. The van der Waals surface area contributed by atoms with Crippen LogP contribution in [0.25, 0.3) is 0 Å². The van der Waals surface area contributed by atoms with E-state index in [1.165, 1.54) is 36.0 Å². The van der Waals surface area contributed by atoms with E-state index in [9.17, 15) is 0 Å². The molecular weight excluding hydrogens is 232 g/mol. The zero-order valence-electron chi connectivity index (χ0n) is 11.9. The molecule has 0 aromatic heterocycles. The van der Waals surface area contributed by atoms with Crippen molar-refractivity contribution in [3.8, 4) is 5.75 Å². The molecule has 1 nitrogen and oxygen atoms in total. The van der Waals surface area contributed by atoms with Crippen LogP contribution in [0.1, 0.15) is 29.5 Å². The normalized spacial score (nSPS) is 10.4. The van der Waals surface area contributed by atoms with Crippen LogP contribution in [0.5, 0.6) is 5.75 Å². The Kier molecular flexibility index (Phi) is 5.02. The van der Waals surface area contributed by atoms with E-state index in [4.69, 9.17) is 4.74 Å². The lowest BCUT2D eigenvalue weighted by molar-refractivity contribution is 0.414. The van der Waals surface area contributed by atoms with E-state index in [1.54, 1.807) is 7.11 Å². The third-order valence-corrected chi connectivity index (χ3v) is 3.46. The minimum absolute atomic E-state index is 0.934. The van der Waals surface area contributed by atoms with Crippen molar-refractivity contribution in [2.75, 3.05) is 7.11 Å². The molecule has 0 saturated heterocycles. The van der Waals surface area contributed by atoms with Crippen LogP contribution >= 0.6 is 0 Å². The van der Waals surface area contributed by atoms with Crippen LogP contribution in [0.3, 0.4) is 0 Å². The number of unbranched alkanes of at least 4 members (excludes halogenated alkanes) is 1. The molecule has 0 aliphatic rings. The summed E-state index contributed by atoms with van der Waals surface area (Å²) in [5.41, 5.74) is 4.17. The standard InChI is InChI=1S/C18H22O/c1-15-7-9-16(10-8-15)5-3-4-6-17-11-13-18(19-2)14-12-17/h7-14H,3-6H2,1-2H3. The van der Waals surface area contributed by atoms with Crippen molar-refractivity contribution in [2.24, 2.45) is 0 Å². The van der Waals surface area contributed by atoms with E-state index in [1.807, 2.05) is 12.1 Å². The molecule has 0 spiro atoms. The Bertz CT molecular complexity index is 482. The first-order valence-corrected chi connectivity index (χ1v) is 6.96. The number of aryl methyl sites for hydroxylation is 3. The van der Waals surface area contributed by atoms with E-state index in [-0.39, 0.29) is 0 Å². The molecule has 19 heavy (non-hydrogen) atoms. The van der Waals surface area contributed by atoms with E-state index < -0.39 is 0 Å². The van der Waals surface area contributed by atoms with E-state index in [0.717, 1.165) is 12.2 Å². The van der Waals surface area contributed by atoms with Gasteiger partial charge in [0.2, 0.25) is 0 Å². The molecule has 2 aromatic rings. The molecule has 0 saturated carbocycles. The van der Waals surface area contributed by atoms with Gasteiger partial charge in [-0.25, -0.2) is 0 Å². The van der Waals surface area contributed by atoms with Crippen molar-refractivity contribution in [3.05, 3.63) is 65.2 Å². The summed E-state index contributed by atoms with van der Waals surface area (Å²) in [5, 5.41) is 0. The molecule has 100 valence electrons. The van der Waals surface area contributed by atoms with Gasteiger partial charge in [0.25, 0.3) is 0 Å². The molecule has 0 aliphatic carbocycles. The number of rotatable bonds is 6. The lowest BCUT2D eigenvalue weighted by Crippen LogP contribution is -1.90. The number of hydrogen-bond acceptors (Lipinski definition) is 1. The summed E-state index contributed by atoms with van der Waals surface area (Å²) in [5.74, 6) is 0.934. The van der Waals surface area contributed by atoms with Crippen LogP contribution in [0.15, 0.2) is 48.5 Å². The molecule has 0 heterocycles. The molecule has 0 radical (unpaired) electrons. The smallest absolute Gasteiger partial charge is 0.118 e. The Morgan fingerprint density at radius 2 is 1.21 bits per heavy atom. The summed E-state index contributed by atoms with van der Waals surface area (Å²) in [4.78, 5) is 0. The quantitative estimate of drug-likeness (QED) is 0.686. The molecular formula is C18H22O. The fourth-order valence-electron chi connectivity index (χ4n) is 2.21. The Labute approximate surface area is 116 Å². The minimum Gasteiger partial charge on any atom is -0.497 e. The molecule has 0 amide bonds. The fraction of sp³-hybridized carbons (Fsp3) is 0.333. The first-order chi connectivity index (χ1) is 9.28. The lowest BCUT2D eigenvalue weighted by Gasteiger charge is -2.04. The molecule has 1 heteroatoms. The molecule has 0 aliphatic heterocycles. The molecule has 0 fully saturated rings. The predicted octanol–water partition coefficient (Wildman–Crippen LogP) is 4.57. The maximum Gasteiger partial charge on any atom is 0.118 e. The Morgan fingerprint density at radius 1 is 0.737 bits per heavy atom. The maximum atomic E-state index is 5.16. The van der Waals surface area contributed by atoms with Gasteiger partial charge in [-0.2, -0.15) is 0 Å². The van der Waals surface area contributed by atoms with Crippen LogP contribution < -0.4 is 4.74 Å². The third-order valence-electron chi connectivity index (χ3n) is 3.46. The SMILES string of the molecule is COc1ccc(CCCCc2ccc(C)cc2)cc1. The van der Waals surface area contributed by atoms with Crippen molar-refractivity contribution in [3.63, 3.8) is 0 Å². The maximum absolute atomic E-state index is 5.16. The first-order valence-electron chi connectivity index (χ1n) is 6.96. The van der Waals surface area contributed by atoms with Crippen molar-refractivity contribution in [1.29, 1.82) is 0 Å². The Balaban J connectivity index is 1.72. The first kappa shape index (κ1) is 13.7. The fourth-order valence-corrected chi connectivity index (χ4v) is 2.21. The average Bonchev–Trinajstić information content (AvgIpc) is 2.46. The van der Waals surface area contributed by atoms with E-state index in [0.29, 0.717) is 0 Å². The second kappa shape index (κ2) is 6.98. The molecule has 2 aromatic carbocycles. The topological polar surface area (TPSA) is 9.23 Å². The van der Waals surface area contributed by atoms with Crippen LogP contribution in [-0.4, -0.2) is 7.11 Å². The van der Waals surface area contributed by atoms with Crippen LogP contribution in [-0.2, 0) is 12.8 Å². The number of hydrogen-bond donors (Lipinski definition) is 0. The second-order valence-electron chi connectivity index (χ2n) is 5.04. The zero-order valence-corrected chi connectivity index (χ0v) is 11.9. The Morgan fingerprint density at radius 3 is 1.68 bits per heavy atom. The summed E-state index contributed by atoms with van der Waals surface area (Å²) >= 11 is 0. The van der Waals surface area contributed by atoms with Crippen LogP contribution in [0.2, 0.25) is 0 Å². The average molecular weight is 254 g/mol. The highest BCUT2D eigenvalue weighted by atomic mass is 16.5. The summed E-state index contributed by atoms with van der Waals surface area (Å²) < 4.78 is 5.16. The van der Waals surface area contributed by atoms with Gasteiger partial charge in [-0.3, -0.25) is 0 Å². The van der Waals surface area contributed by atoms with Gasteiger partial charge >= 0.3 is 0 Å². The third kappa shape index (κ3) is 4.44. The van der Waals surface area contributed by atoms with Gasteiger partial charge in [0.1, 0.15) is 5.75 Å². The van der Waals surface area contributed by atoms with Crippen molar-refractivity contribution in [1.82, 2.24) is 0 Å². The molecule has 0 unspecified atom stereocenters. The highest BCUT2D eigenvalue weighted by Crippen LogP contribution is 2.14. The number of methoxy groups -OCH3 is 1. The predicted molar refractivity (Wildman–Crippen MR) is 80.8 cm³/mol. The van der Waals surface area contributed by atoms with E-state index in [2.05, 4.69) is 43.3 Å². The lowest BCUT2D eigenvalue weighted by atomic mass is 10.0. The zero-order chi connectivity index (χ0) is 13.5. The van der Waals surface area contributed by atoms with Crippen LogP contribution in [0, 0.1) is 6.92 Å². The number of benzene rings is 2. The van der Waals surface area contributed by atoms with Crippen molar-refractivity contribution >= 4 is 0 Å². The second-order valence-corrected chi connectivity index (χ2v) is 5.04. The van der Waals surface area contributed by atoms with Gasteiger partial charge < -0.3 is 4.74 Å².